The first kappa shape index (κ1) is 20.5. The van der Waals surface area contributed by atoms with Gasteiger partial charge < -0.3 is 10.2 Å². The summed E-state index contributed by atoms with van der Waals surface area (Å²) >= 11 is 0. The van der Waals surface area contributed by atoms with E-state index in [4.69, 9.17) is 0 Å². The van der Waals surface area contributed by atoms with Crippen molar-refractivity contribution in [3.05, 3.63) is 53.9 Å². The van der Waals surface area contributed by atoms with Crippen LogP contribution in [0.4, 0.5) is 5.82 Å². The third-order valence-electron chi connectivity index (χ3n) is 5.63. The molecule has 11 heteroatoms. The summed E-state index contributed by atoms with van der Waals surface area (Å²) in [6.07, 6.45) is 3.81. The highest BCUT2D eigenvalue weighted by Crippen LogP contribution is 2.29. The van der Waals surface area contributed by atoms with Gasteiger partial charge in [-0.05, 0) is 36.2 Å². The first-order chi connectivity index (χ1) is 15.9. The first-order valence-electron chi connectivity index (χ1n) is 10.3. The average molecular weight is 445 g/mol. The Balaban J connectivity index is 1.39. The fourth-order valence-corrected chi connectivity index (χ4v) is 4.05. The lowest BCUT2D eigenvalue weighted by Crippen LogP contribution is -2.52. The number of imide groups is 1. The van der Waals surface area contributed by atoms with E-state index < -0.39 is 11.9 Å². The molecule has 2 aromatic heterocycles. The molecule has 1 unspecified atom stereocenters. The number of aromatic nitrogens is 4. The number of carbonyl (C=O) groups excluding carboxylic acids is 4. The normalized spacial score (nSPS) is 17.7. The van der Waals surface area contributed by atoms with Crippen LogP contribution >= 0.6 is 0 Å². The highest BCUT2D eigenvalue weighted by Gasteiger charge is 2.39. The molecule has 4 heterocycles. The van der Waals surface area contributed by atoms with E-state index in [1.54, 1.807) is 35.3 Å². The van der Waals surface area contributed by atoms with Crippen molar-refractivity contribution in [2.45, 2.75) is 32.4 Å². The van der Waals surface area contributed by atoms with Gasteiger partial charge >= 0.3 is 0 Å². The molecule has 3 aromatic rings. The molecule has 4 amide bonds. The van der Waals surface area contributed by atoms with Crippen LogP contribution in [-0.2, 0) is 20.9 Å². The third kappa shape index (κ3) is 3.84. The zero-order chi connectivity index (χ0) is 23.1. The summed E-state index contributed by atoms with van der Waals surface area (Å²) in [6.45, 7) is 1.72. The smallest absolute Gasteiger partial charge is 0.255 e. The van der Waals surface area contributed by atoms with Gasteiger partial charge in [0, 0.05) is 37.2 Å². The molecule has 0 spiro atoms. The minimum absolute atomic E-state index is 0.210. The van der Waals surface area contributed by atoms with Crippen molar-refractivity contribution in [1.29, 1.82) is 0 Å². The van der Waals surface area contributed by atoms with Gasteiger partial charge in [-0.15, -0.1) is 5.10 Å². The third-order valence-corrected chi connectivity index (χ3v) is 5.63. The lowest BCUT2D eigenvalue weighted by atomic mass is 10.0. The molecule has 33 heavy (non-hydrogen) atoms. The van der Waals surface area contributed by atoms with Crippen LogP contribution in [0.1, 0.15) is 35.7 Å². The van der Waals surface area contributed by atoms with Crippen LogP contribution < -0.4 is 10.6 Å². The number of benzene rings is 1. The van der Waals surface area contributed by atoms with Gasteiger partial charge in [-0.1, -0.05) is 11.3 Å². The van der Waals surface area contributed by atoms with E-state index in [2.05, 4.69) is 25.9 Å². The average Bonchev–Trinajstić information content (AvgIpc) is 3.39. The Hall–Kier alpha value is -4.41. The topological polar surface area (TPSA) is 139 Å². The van der Waals surface area contributed by atoms with E-state index in [1.165, 1.54) is 11.8 Å². The van der Waals surface area contributed by atoms with E-state index in [0.29, 0.717) is 35.7 Å². The van der Waals surface area contributed by atoms with E-state index in [0.717, 1.165) is 11.1 Å². The summed E-state index contributed by atoms with van der Waals surface area (Å²) in [4.78, 5) is 53.6. The number of pyridine rings is 1. The molecular formula is C22H19N7O4. The van der Waals surface area contributed by atoms with Gasteiger partial charge in [0.2, 0.25) is 17.7 Å². The summed E-state index contributed by atoms with van der Waals surface area (Å²) in [5.74, 6) is -0.827. The predicted molar refractivity (Wildman–Crippen MR) is 115 cm³/mol. The van der Waals surface area contributed by atoms with E-state index in [-0.39, 0.29) is 24.1 Å². The van der Waals surface area contributed by atoms with Gasteiger partial charge in [0.15, 0.2) is 0 Å². The second-order valence-electron chi connectivity index (χ2n) is 7.90. The van der Waals surface area contributed by atoms with E-state index in [9.17, 15) is 19.2 Å². The maximum Gasteiger partial charge on any atom is 0.255 e. The molecule has 0 radical (unpaired) electrons. The number of hydrogen-bond donors (Lipinski definition) is 2. The number of hydrogen-bond acceptors (Lipinski definition) is 7. The SMILES string of the molecule is CC(=O)Nc1cc(-c2cn(-c3ccc4c(c3)C(=O)N(C3CCC(=O)NC3=O)C4)nn2)ccn1. The Kier molecular flexibility index (Phi) is 4.93. The Morgan fingerprint density at radius 2 is 2.03 bits per heavy atom. The quantitative estimate of drug-likeness (QED) is 0.572. The monoisotopic (exact) mass is 445 g/mol. The van der Waals surface area contributed by atoms with Crippen molar-refractivity contribution in [2.75, 3.05) is 5.32 Å². The number of nitrogens with zero attached hydrogens (tertiary/aromatic N) is 5. The maximum atomic E-state index is 13.0. The number of carbonyl (C=O) groups is 4. The summed E-state index contributed by atoms with van der Waals surface area (Å²) < 4.78 is 1.55. The Morgan fingerprint density at radius 3 is 2.82 bits per heavy atom. The fourth-order valence-electron chi connectivity index (χ4n) is 4.05. The van der Waals surface area contributed by atoms with Crippen LogP contribution in [0.3, 0.4) is 0 Å². The van der Waals surface area contributed by atoms with Crippen LogP contribution in [0.15, 0.2) is 42.7 Å². The Bertz CT molecular complexity index is 1320. The standard InChI is InChI=1S/C22H19N7O4/c1-12(30)24-19-8-13(6-7-23-19)17-11-29(27-26-17)15-3-2-14-10-28(22(33)16(14)9-15)18-4-5-20(31)25-21(18)32/h2-3,6-9,11,18H,4-5,10H2,1H3,(H,23,24,30)(H,25,31,32). The van der Waals surface area contributed by atoms with Crippen LogP contribution in [0, 0.1) is 0 Å². The number of amides is 4. The predicted octanol–water partition coefficient (Wildman–Crippen LogP) is 1.05. The molecule has 2 aliphatic heterocycles. The van der Waals surface area contributed by atoms with Gasteiger partial charge in [-0.3, -0.25) is 24.5 Å². The van der Waals surface area contributed by atoms with Crippen molar-refractivity contribution in [3.8, 4) is 16.9 Å². The molecule has 1 atom stereocenters. The molecule has 2 N–H and O–H groups in total. The minimum Gasteiger partial charge on any atom is -0.322 e. The lowest BCUT2D eigenvalue weighted by molar-refractivity contribution is -0.137. The summed E-state index contributed by atoms with van der Waals surface area (Å²) in [5.41, 5.74) is 3.23. The molecule has 1 fully saturated rings. The number of fused-ring (bicyclic) bond motifs is 1. The summed E-state index contributed by atoms with van der Waals surface area (Å²) in [7, 11) is 0. The molecule has 2 aliphatic rings. The van der Waals surface area contributed by atoms with Gasteiger partial charge in [0.05, 0.1) is 11.9 Å². The van der Waals surface area contributed by atoms with E-state index >= 15 is 0 Å². The van der Waals surface area contributed by atoms with Gasteiger partial charge in [0.25, 0.3) is 5.91 Å². The number of piperidine rings is 1. The largest absolute Gasteiger partial charge is 0.322 e. The molecular weight excluding hydrogens is 426 g/mol. The van der Waals surface area contributed by atoms with Gasteiger partial charge in [-0.25, -0.2) is 9.67 Å². The van der Waals surface area contributed by atoms with Crippen molar-refractivity contribution in [2.24, 2.45) is 0 Å². The van der Waals surface area contributed by atoms with Crippen molar-refractivity contribution in [1.82, 2.24) is 30.2 Å². The number of rotatable bonds is 4. The molecule has 0 bridgehead atoms. The van der Waals surface area contributed by atoms with Crippen LogP contribution in [-0.4, -0.2) is 54.5 Å². The molecule has 1 saturated heterocycles. The first-order valence-corrected chi connectivity index (χ1v) is 10.3. The zero-order valence-corrected chi connectivity index (χ0v) is 17.6. The maximum absolute atomic E-state index is 13.0. The Labute approximate surface area is 187 Å². The van der Waals surface area contributed by atoms with Crippen molar-refractivity contribution < 1.29 is 19.2 Å². The lowest BCUT2D eigenvalue weighted by Gasteiger charge is -2.29. The van der Waals surface area contributed by atoms with Gasteiger partial charge in [0.1, 0.15) is 17.6 Å². The van der Waals surface area contributed by atoms with Gasteiger partial charge in [-0.2, -0.15) is 0 Å². The Morgan fingerprint density at radius 1 is 1.18 bits per heavy atom. The molecule has 0 saturated carbocycles. The minimum atomic E-state index is -0.659. The molecule has 0 aliphatic carbocycles. The fraction of sp³-hybridized carbons (Fsp3) is 0.227. The van der Waals surface area contributed by atoms with Crippen LogP contribution in [0.25, 0.3) is 16.9 Å². The second-order valence-corrected chi connectivity index (χ2v) is 7.90. The zero-order valence-electron chi connectivity index (χ0n) is 17.6. The number of nitrogens with one attached hydrogen (secondary N) is 2. The van der Waals surface area contributed by atoms with Crippen LogP contribution in [0.2, 0.25) is 0 Å². The molecule has 166 valence electrons. The van der Waals surface area contributed by atoms with Crippen LogP contribution in [0.5, 0.6) is 0 Å². The second kappa shape index (κ2) is 7.93. The molecule has 1 aromatic carbocycles. The molecule has 11 nitrogen and oxygen atoms in total. The summed E-state index contributed by atoms with van der Waals surface area (Å²) in [5, 5.41) is 13.3. The highest BCUT2D eigenvalue weighted by molar-refractivity contribution is 6.05. The molecule has 5 rings (SSSR count). The number of anilines is 1. The summed E-state index contributed by atoms with van der Waals surface area (Å²) in [6, 6.07) is 8.17. The van der Waals surface area contributed by atoms with Crippen molar-refractivity contribution >= 4 is 29.4 Å². The highest BCUT2D eigenvalue weighted by atomic mass is 16.2. The van der Waals surface area contributed by atoms with Crippen molar-refractivity contribution in [3.63, 3.8) is 0 Å². The van der Waals surface area contributed by atoms with E-state index in [1.807, 2.05) is 12.1 Å².